The number of aromatic amines is 1. The molecule has 30 heavy (non-hydrogen) atoms. The molecule has 0 saturated carbocycles. The van der Waals surface area contributed by atoms with E-state index in [1.165, 1.54) is 23.9 Å². The van der Waals surface area contributed by atoms with Crippen molar-refractivity contribution in [3.8, 4) is 5.75 Å². The summed E-state index contributed by atoms with van der Waals surface area (Å²) in [6.07, 6.45) is -1.35. The first-order chi connectivity index (χ1) is 14.3. The fourth-order valence-electron chi connectivity index (χ4n) is 3.61. The van der Waals surface area contributed by atoms with Crippen LogP contribution in [0.25, 0.3) is 0 Å². The van der Waals surface area contributed by atoms with E-state index in [1.54, 1.807) is 38.1 Å². The second-order valence-corrected chi connectivity index (χ2v) is 7.47. The summed E-state index contributed by atoms with van der Waals surface area (Å²) in [5.74, 6) is -0.802. The number of carbonyl (C=O) groups excluding carboxylic acids is 1. The van der Waals surface area contributed by atoms with Gasteiger partial charge < -0.3 is 23.7 Å². The molecule has 2 fully saturated rings. The van der Waals surface area contributed by atoms with Crippen molar-refractivity contribution in [3.05, 3.63) is 62.9 Å². The second-order valence-electron chi connectivity index (χ2n) is 7.47. The Hall–Kier alpha value is -2.95. The number of nitrogens with one attached hydrogen (secondary N) is 1. The molecule has 10 heteroatoms. The lowest BCUT2D eigenvalue weighted by atomic mass is 10.1. The van der Waals surface area contributed by atoms with Crippen LogP contribution in [0.1, 0.15) is 30.4 Å². The van der Waals surface area contributed by atoms with Gasteiger partial charge in [-0.3, -0.25) is 14.3 Å². The zero-order valence-electron chi connectivity index (χ0n) is 16.7. The van der Waals surface area contributed by atoms with E-state index in [2.05, 4.69) is 4.98 Å². The summed E-state index contributed by atoms with van der Waals surface area (Å²) >= 11 is 0. The summed E-state index contributed by atoms with van der Waals surface area (Å²) < 4.78 is 29.5. The molecule has 3 heterocycles. The van der Waals surface area contributed by atoms with Gasteiger partial charge >= 0.3 is 11.7 Å². The number of methoxy groups -OCH3 is 1. The number of hydrogen-bond donors (Lipinski definition) is 1. The highest BCUT2D eigenvalue weighted by Crippen LogP contribution is 2.42. The van der Waals surface area contributed by atoms with Crippen LogP contribution < -0.4 is 16.0 Å². The van der Waals surface area contributed by atoms with Crippen molar-refractivity contribution in [2.75, 3.05) is 13.7 Å². The number of esters is 1. The molecule has 10 nitrogen and oxygen atoms in total. The van der Waals surface area contributed by atoms with Gasteiger partial charge in [0, 0.05) is 12.3 Å². The van der Waals surface area contributed by atoms with Gasteiger partial charge in [0.2, 0.25) is 0 Å². The maximum atomic E-state index is 12.4. The van der Waals surface area contributed by atoms with Gasteiger partial charge in [0.25, 0.3) is 5.56 Å². The van der Waals surface area contributed by atoms with Crippen molar-refractivity contribution >= 4 is 5.97 Å². The van der Waals surface area contributed by atoms with Crippen LogP contribution in [0.15, 0.2) is 46.1 Å². The average Bonchev–Trinajstić information content (AvgIpc) is 3.19. The van der Waals surface area contributed by atoms with Gasteiger partial charge in [0.1, 0.15) is 30.7 Å². The van der Waals surface area contributed by atoms with Crippen molar-refractivity contribution in [1.82, 2.24) is 9.55 Å². The molecule has 0 aliphatic carbocycles. The smallest absolute Gasteiger partial charge is 0.338 e. The van der Waals surface area contributed by atoms with Crippen molar-refractivity contribution < 1.29 is 28.5 Å². The highest BCUT2D eigenvalue weighted by molar-refractivity contribution is 5.89. The molecule has 2 aromatic rings. The van der Waals surface area contributed by atoms with Gasteiger partial charge in [0.15, 0.2) is 12.0 Å². The number of benzene rings is 1. The maximum Gasteiger partial charge on any atom is 0.338 e. The fraction of sp³-hybridized carbons (Fsp3) is 0.450. The lowest BCUT2D eigenvalue weighted by Gasteiger charge is -2.24. The van der Waals surface area contributed by atoms with Crippen LogP contribution in [0.2, 0.25) is 0 Å². The van der Waals surface area contributed by atoms with Gasteiger partial charge in [0.05, 0.1) is 12.7 Å². The molecule has 2 saturated heterocycles. The number of ether oxygens (including phenoxy) is 5. The summed E-state index contributed by atoms with van der Waals surface area (Å²) in [4.78, 5) is 38.2. The molecular formula is C20H22N2O8. The normalized spacial score (nSPS) is 26.9. The van der Waals surface area contributed by atoms with Crippen LogP contribution in [0.5, 0.6) is 5.75 Å². The Morgan fingerprint density at radius 2 is 1.83 bits per heavy atom. The lowest BCUT2D eigenvalue weighted by molar-refractivity contribution is -0.200. The van der Waals surface area contributed by atoms with E-state index in [4.69, 9.17) is 23.7 Å². The Balaban J connectivity index is 1.51. The Bertz CT molecular complexity index is 1040. The molecule has 4 rings (SSSR count). The molecular weight excluding hydrogens is 396 g/mol. The Morgan fingerprint density at radius 3 is 2.50 bits per heavy atom. The molecule has 0 spiro atoms. The minimum atomic E-state index is -0.901. The Morgan fingerprint density at radius 1 is 1.13 bits per heavy atom. The number of aromatic nitrogens is 2. The van der Waals surface area contributed by atoms with Crippen LogP contribution in [-0.2, 0) is 18.9 Å². The monoisotopic (exact) mass is 418 g/mol. The quantitative estimate of drug-likeness (QED) is 0.709. The summed E-state index contributed by atoms with van der Waals surface area (Å²) in [6.45, 7) is 3.40. The van der Waals surface area contributed by atoms with E-state index in [1.807, 2.05) is 0 Å². The van der Waals surface area contributed by atoms with E-state index in [9.17, 15) is 14.4 Å². The lowest BCUT2D eigenvalue weighted by Crippen LogP contribution is -2.37. The molecule has 1 aromatic carbocycles. The summed E-state index contributed by atoms with van der Waals surface area (Å²) in [7, 11) is 1.54. The molecule has 0 bridgehead atoms. The predicted octanol–water partition coefficient (Wildman–Crippen LogP) is 0.820. The standard InChI is InChI=1S/C20H22N2O8/c1-20(2)29-15-13(10-27-18(24)11-4-6-12(26-3)7-5-11)28-17(16(15)30-20)22-9-8-14(23)21-19(22)25/h4-9,13,15-17H,10H2,1-3H3,(H,21,23,25)/t13-,15+,16+,17-/m0/s1. The highest BCUT2D eigenvalue weighted by Gasteiger charge is 2.56. The number of carbonyl (C=O) groups is 1. The number of hydrogen-bond acceptors (Lipinski definition) is 8. The van der Waals surface area contributed by atoms with Crippen molar-refractivity contribution in [3.63, 3.8) is 0 Å². The molecule has 160 valence electrons. The van der Waals surface area contributed by atoms with Crippen LogP contribution in [0, 0.1) is 0 Å². The summed E-state index contributed by atoms with van der Waals surface area (Å²) in [5, 5.41) is 0. The van der Waals surface area contributed by atoms with Crippen LogP contribution in [0.3, 0.4) is 0 Å². The average molecular weight is 418 g/mol. The van der Waals surface area contributed by atoms with Gasteiger partial charge in [-0.25, -0.2) is 9.59 Å². The fourth-order valence-corrected chi connectivity index (χ4v) is 3.61. The van der Waals surface area contributed by atoms with E-state index < -0.39 is 47.5 Å². The van der Waals surface area contributed by atoms with Crippen molar-refractivity contribution in [2.45, 2.75) is 44.2 Å². The first-order valence-corrected chi connectivity index (χ1v) is 9.41. The third-order valence-corrected chi connectivity index (χ3v) is 4.96. The highest BCUT2D eigenvalue weighted by atomic mass is 16.8. The first-order valence-electron chi connectivity index (χ1n) is 9.41. The molecule has 2 aliphatic heterocycles. The van der Waals surface area contributed by atoms with Crippen molar-refractivity contribution in [2.24, 2.45) is 0 Å². The molecule has 1 aromatic heterocycles. The largest absolute Gasteiger partial charge is 0.497 e. The minimum Gasteiger partial charge on any atom is -0.497 e. The number of nitrogens with zero attached hydrogens (tertiary/aromatic N) is 1. The van der Waals surface area contributed by atoms with Crippen LogP contribution >= 0.6 is 0 Å². The van der Waals surface area contributed by atoms with Gasteiger partial charge in [-0.2, -0.15) is 0 Å². The predicted molar refractivity (Wildman–Crippen MR) is 102 cm³/mol. The van der Waals surface area contributed by atoms with E-state index in [0.717, 1.165) is 0 Å². The van der Waals surface area contributed by atoms with Gasteiger partial charge in [-0.15, -0.1) is 0 Å². The molecule has 0 radical (unpaired) electrons. The van der Waals surface area contributed by atoms with Gasteiger partial charge in [-0.05, 0) is 38.1 Å². The second kappa shape index (κ2) is 7.71. The third kappa shape index (κ3) is 3.89. The molecule has 2 aliphatic rings. The topological polar surface area (TPSA) is 118 Å². The zero-order valence-corrected chi connectivity index (χ0v) is 16.7. The SMILES string of the molecule is COc1ccc(C(=O)OC[C@@H]2O[C@H](n3ccc(=O)[nH]c3=O)[C@@H]3OC(C)(C)O[C@@H]32)cc1. The Kier molecular flexibility index (Phi) is 5.22. The molecule has 4 atom stereocenters. The van der Waals surface area contributed by atoms with Crippen LogP contribution in [-0.4, -0.2) is 53.3 Å². The van der Waals surface area contributed by atoms with E-state index in [-0.39, 0.29) is 6.61 Å². The third-order valence-electron chi connectivity index (χ3n) is 4.96. The van der Waals surface area contributed by atoms with Crippen molar-refractivity contribution in [1.29, 1.82) is 0 Å². The minimum absolute atomic E-state index is 0.0971. The first kappa shape index (κ1) is 20.3. The zero-order chi connectivity index (χ0) is 21.5. The number of rotatable bonds is 5. The molecule has 0 amide bonds. The maximum absolute atomic E-state index is 12.4. The Labute approximate surface area is 171 Å². The van der Waals surface area contributed by atoms with Crippen LogP contribution in [0.4, 0.5) is 0 Å². The summed E-state index contributed by atoms with van der Waals surface area (Å²) in [6, 6.07) is 7.74. The number of fused-ring (bicyclic) bond motifs is 1. The van der Waals surface area contributed by atoms with E-state index >= 15 is 0 Å². The molecule has 1 N–H and O–H groups in total. The number of H-pyrrole nitrogens is 1. The summed E-state index contributed by atoms with van der Waals surface area (Å²) in [5.41, 5.74) is -0.780. The van der Waals surface area contributed by atoms with E-state index in [0.29, 0.717) is 11.3 Å². The molecule has 0 unspecified atom stereocenters. The van der Waals surface area contributed by atoms with Gasteiger partial charge in [-0.1, -0.05) is 0 Å².